The molecule has 150 valence electrons. The van der Waals surface area contributed by atoms with E-state index in [4.69, 9.17) is 4.42 Å². The van der Waals surface area contributed by atoms with E-state index in [-0.39, 0.29) is 17.6 Å². The number of rotatable bonds is 8. The Labute approximate surface area is 170 Å². The first kappa shape index (κ1) is 20.5. The molecule has 28 heavy (non-hydrogen) atoms. The van der Waals surface area contributed by atoms with Crippen LogP contribution in [0.3, 0.4) is 0 Å². The first-order chi connectivity index (χ1) is 13.7. The molecule has 1 aromatic carbocycles. The van der Waals surface area contributed by atoms with Crippen LogP contribution in [0.15, 0.2) is 53.1 Å². The summed E-state index contributed by atoms with van der Waals surface area (Å²) in [5.41, 5.74) is 1.28. The van der Waals surface area contributed by atoms with Gasteiger partial charge < -0.3 is 14.6 Å². The van der Waals surface area contributed by atoms with Crippen LogP contribution in [0.25, 0.3) is 0 Å². The summed E-state index contributed by atoms with van der Waals surface area (Å²) >= 11 is 1.67. The molecule has 6 nitrogen and oxygen atoms in total. The van der Waals surface area contributed by atoms with Gasteiger partial charge in [0.2, 0.25) is 5.91 Å². The lowest BCUT2D eigenvalue weighted by Crippen LogP contribution is -2.54. The maximum Gasteiger partial charge on any atom is 0.287 e. The van der Waals surface area contributed by atoms with Crippen LogP contribution < -0.4 is 5.32 Å². The smallest absolute Gasteiger partial charge is 0.287 e. The predicted molar refractivity (Wildman–Crippen MR) is 111 cm³/mol. The number of benzene rings is 1. The second-order valence-electron chi connectivity index (χ2n) is 6.87. The third-order valence-corrected chi connectivity index (χ3v) is 5.54. The molecular formula is C21H27N3O3S. The molecule has 2 aromatic rings. The number of hydrogen-bond acceptors (Lipinski definition) is 5. The first-order valence-corrected chi connectivity index (χ1v) is 10.9. The van der Waals surface area contributed by atoms with Crippen LogP contribution in [0.4, 0.5) is 0 Å². The minimum Gasteiger partial charge on any atom is -0.459 e. The molecule has 1 saturated heterocycles. The lowest BCUT2D eigenvalue weighted by Gasteiger charge is -2.36. The van der Waals surface area contributed by atoms with Gasteiger partial charge in [0.15, 0.2) is 5.76 Å². The molecule has 0 saturated carbocycles. The zero-order valence-electron chi connectivity index (χ0n) is 16.2. The lowest BCUT2D eigenvalue weighted by molar-refractivity contribution is -0.135. The Hall–Kier alpha value is -2.25. The Morgan fingerprint density at radius 3 is 2.50 bits per heavy atom. The minimum absolute atomic E-state index is 0.00619. The number of nitrogens with zero attached hydrogens (tertiary/aromatic N) is 2. The van der Waals surface area contributed by atoms with Gasteiger partial charge in [-0.2, -0.15) is 11.8 Å². The fourth-order valence-corrected chi connectivity index (χ4v) is 3.79. The minimum atomic E-state index is -0.522. The predicted octanol–water partition coefficient (Wildman–Crippen LogP) is 2.48. The summed E-state index contributed by atoms with van der Waals surface area (Å²) in [6.07, 6.45) is 4.06. The molecule has 0 bridgehead atoms. The Balaban J connectivity index is 1.54. The van der Waals surface area contributed by atoms with Gasteiger partial charge in [-0.3, -0.25) is 14.5 Å². The number of nitrogens with one attached hydrogen (secondary N) is 1. The Morgan fingerprint density at radius 1 is 1.11 bits per heavy atom. The van der Waals surface area contributed by atoms with E-state index < -0.39 is 6.04 Å². The van der Waals surface area contributed by atoms with Crippen molar-refractivity contribution in [1.82, 2.24) is 15.1 Å². The van der Waals surface area contributed by atoms with Crippen LogP contribution in [0.2, 0.25) is 0 Å². The Kier molecular flexibility index (Phi) is 7.56. The van der Waals surface area contributed by atoms with Crippen molar-refractivity contribution in [2.45, 2.75) is 19.0 Å². The van der Waals surface area contributed by atoms with Crippen molar-refractivity contribution in [3.8, 4) is 0 Å². The molecule has 2 heterocycles. The summed E-state index contributed by atoms with van der Waals surface area (Å²) in [6.45, 7) is 3.92. The standard InChI is InChI=1S/C21H27N3O3S/c1-28-15-9-18(22-20(25)19-8-5-14-27-19)21(26)24-12-10-23(11-13-24)16-17-6-3-2-4-7-17/h2-8,14,18H,9-13,15-16H2,1H3,(H,22,25)/t18-/m1/s1. The molecule has 3 rings (SSSR count). The van der Waals surface area contributed by atoms with Crippen molar-refractivity contribution in [3.05, 3.63) is 60.1 Å². The van der Waals surface area contributed by atoms with E-state index in [1.807, 2.05) is 29.4 Å². The summed E-state index contributed by atoms with van der Waals surface area (Å²) in [4.78, 5) is 29.6. The molecule has 2 amide bonds. The van der Waals surface area contributed by atoms with Gasteiger partial charge in [-0.05, 0) is 36.1 Å². The largest absolute Gasteiger partial charge is 0.459 e. The molecular weight excluding hydrogens is 374 g/mol. The van der Waals surface area contributed by atoms with E-state index in [9.17, 15) is 9.59 Å². The number of piperazine rings is 1. The van der Waals surface area contributed by atoms with E-state index in [2.05, 4.69) is 22.3 Å². The van der Waals surface area contributed by atoms with Gasteiger partial charge in [-0.25, -0.2) is 0 Å². The summed E-state index contributed by atoms with van der Waals surface area (Å²) < 4.78 is 5.15. The van der Waals surface area contributed by atoms with Crippen LogP contribution in [0.5, 0.6) is 0 Å². The summed E-state index contributed by atoms with van der Waals surface area (Å²) in [5, 5.41) is 2.85. The van der Waals surface area contributed by atoms with E-state index in [1.165, 1.54) is 11.8 Å². The number of amides is 2. The van der Waals surface area contributed by atoms with E-state index in [0.29, 0.717) is 19.5 Å². The van der Waals surface area contributed by atoms with E-state index >= 15 is 0 Å². The fourth-order valence-electron chi connectivity index (χ4n) is 3.32. The third kappa shape index (κ3) is 5.62. The second-order valence-corrected chi connectivity index (χ2v) is 7.86. The van der Waals surface area contributed by atoms with Gasteiger partial charge in [-0.15, -0.1) is 0 Å². The zero-order chi connectivity index (χ0) is 19.8. The highest BCUT2D eigenvalue weighted by Crippen LogP contribution is 2.12. The molecule has 1 aromatic heterocycles. The molecule has 1 atom stereocenters. The first-order valence-electron chi connectivity index (χ1n) is 9.55. The second kappa shape index (κ2) is 10.3. The van der Waals surface area contributed by atoms with Gasteiger partial charge in [-0.1, -0.05) is 30.3 Å². The highest BCUT2D eigenvalue weighted by molar-refractivity contribution is 7.98. The maximum absolute atomic E-state index is 13.0. The summed E-state index contributed by atoms with van der Waals surface area (Å²) in [5.74, 6) is 0.693. The van der Waals surface area contributed by atoms with Gasteiger partial charge >= 0.3 is 0 Å². The van der Waals surface area contributed by atoms with Crippen molar-refractivity contribution in [1.29, 1.82) is 0 Å². The SMILES string of the molecule is CSCC[C@@H](NC(=O)c1ccco1)C(=O)N1CCN(Cc2ccccc2)CC1. The van der Waals surface area contributed by atoms with Crippen molar-refractivity contribution in [2.75, 3.05) is 38.2 Å². The fraction of sp³-hybridized carbons (Fsp3) is 0.429. The molecule has 0 aliphatic carbocycles. The van der Waals surface area contributed by atoms with Crippen molar-refractivity contribution >= 4 is 23.6 Å². The highest BCUT2D eigenvalue weighted by Gasteiger charge is 2.29. The number of furan rings is 1. The van der Waals surface area contributed by atoms with Gasteiger partial charge in [0, 0.05) is 32.7 Å². The third-order valence-electron chi connectivity index (χ3n) is 4.89. The quantitative estimate of drug-likeness (QED) is 0.736. The van der Waals surface area contributed by atoms with Crippen molar-refractivity contribution in [3.63, 3.8) is 0 Å². The maximum atomic E-state index is 13.0. The lowest BCUT2D eigenvalue weighted by atomic mass is 10.1. The Morgan fingerprint density at radius 2 is 1.86 bits per heavy atom. The number of carbonyl (C=O) groups is 2. The normalized spacial score (nSPS) is 16.0. The summed E-state index contributed by atoms with van der Waals surface area (Å²) in [6, 6.07) is 13.1. The van der Waals surface area contributed by atoms with Gasteiger partial charge in [0.1, 0.15) is 6.04 Å². The van der Waals surface area contributed by atoms with Crippen LogP contribution in [0, 0.1) is 0 Å². The van der Waals surface area contributed by atoms with Crippen LogP contribution in [-0.4, -0.2) is 65.8 Å². The molecule has 7 heteroatoms. The molecule has 0 unspecified atom stereocenters. The highest BCUT2D eigenvalue weighted by atomic mass is 32.2. The Bertz CT molecular complexity index is 744. The average molecular weight is 402 g/mol. The van der Waals surface area contributed by atoms with E-state index in [1.54, 1.807) is 23.9 Å². The van der Waals surface area contributed by atoms with Crippen LogP contribution in [-0.2, 0) is 11.3 Å². The molecule has 1 fully saturated rings. The molecule has 0 radical (unpaired) electrons. The van der Waals surface area contributed by atoms with Crippen LogP contribution >= 0.6 is 11.8 Å². The summed E-state index contributed by atoms with van der Waals surface area (Å²) in [7, 11) is 0. The van der Waals surface area contributed by atoms with Crippen molar-refractivity contribution in [2.24, 2.45) is 0 Å². The van der Waals surface area contributed by atoms with Gasteiger partial charge in [0.05, 0.1) is 6.26 Å². The number of hydrogen-bond donors (Lipinski definition) is 1. The average Bonchev–Trinajstić information content (AvgIpc) is 3.27. The zero-order valence-corrected chi connectivity index (χ0v) is 17.0. The molecule has 1 N–H and O–H groups in total. The number of carbonyl (C=O) groups excluding carboxylic acids is 2. The molecule has 1 aliphatic rings. The molecule has 1 aliphatic heterocycles. The van der Waals surface area contributed by atoms with E-state index in [0.717, 1.165) is 25.4 Å². The molecule has 0 spiro atoms. The van der Waals surface area contributed by atoms with Gasteiger partial charge in [0.25, 0.3) is 5.91 Å². The topological polar surface area (TPSA) is 65.8 Å². The van der Waals surface area contributed by atoms with Crippen molar-refractivity contribution < 1.29 is 14.0 Å². The monoisotopic (exact) mass is 401 g/mol. The number of thioether (sulfide) groups is 1. The van der Waals surface area contributed by atoms with Crippen LogP contribution in [0.1, 0.15) is 22.5 Å².